The third-order valence-corrected chi connectivity index (χ3v) is 5.17. The highest BCUT2D eigenvalue weighted by atomic mass is 32.2. The van der Waals surface area contributed by atoms with Gasteiger partial charge in [0.15, 0.2) is 0 Å². The van der Waals surface area contributed by atoms with E-state index >= 15 is 0 Å². The van der Waals surface area contributed by atoms with Crippen molar-refractivity contribution in [3.8, 4) is 0 Å². The van der Waals surface area contributed by atoms with Crippen LogP contribution in [-0.4, -0.2) is 11.4 Å². The minimum absolute atomic E-state index is 0.533. The number of benzene rings is 1. The van der Waals surface area contributed by atoms with E-state index in [0.29, 0.717) is 5.92 Å². The molecule has 0 spiro atoms. The molecule has 0 radical (unpaired) electrons. The Labute approximate surface area is 126 Å². The Morgan fingerprint density at radius 2 is 1.95 bits per heavy atom. The maximum Gasteiger partial charge on any atom is 0.0812 e. The average molecular weight is 291 g/mol. The number of hydrogen-bond acceptors (Lipinski definition) is 3. The summed E-state index contributed by atoms with van der Waals surface area (Å²) in [5.41, 5.74) is 1.31. The summed E-state index contributed by atoms with van der Waals surface area (Å²) in [6.45, 7) is 7.61. The van der Waals surface area contributed by atoms with Gasteiger partial charge in [-0.25, -0.2) is 0 Å². The molecule has 19 heavy (non-hydrogen) atoms. The number of nitrogens with zero attached hydrogens (tertiary/aromatic N) is 1. The summed E-state index contributed by atoms with van der Waals surface area (Å²) in [4.78, 5) is 4.79. The molecule has 3 heteroatoms. The van der Waals surface area contributed by atoms with Crippen molar-refractivity contribution in [3.05, 3.63) is 35.4 Å². The molecule has 0 unspecified atom stereocenters. The monoisotopic (exact) mass is 291 g/mol. The van der Waals surface area contributed by atoms with Gasteiger partial charge in [-0.1, -0.05) is 50.0 Å². The molecule has 0 aliphatic carbocycles. The fourth-order valence-electron chi connectivity index (χ4n) is 2.42. The number of thiocarbonyl (C=S) groups is 1. The van der Waals surface area contributed by atoms with E-state index < -0.39 is 0 Å². The van der Waals surface area contributed by atoms with Crippen LogP contribution in [0.4, 0.5) is 5.69 Å². The first-order valence-corrected chi connectivity index (χ1v) is 8.23. The molecule has 0 aromatic heterocycles. The van der Waals surface area contributed by atoms with Crippen molar-refractivity contribution in [2.24, 2.45) is 5.92 Å². The molecule has 2 rings (SSSR count). The first-order chi connectivity index (χ1) is 9.21. The van der Waals surface area contributed by atoms with E-state index in [1.807, 2.05) is 11.8 Å². The number of fused-ring (bicyclic) bond motifs is 1. The van der Waals surface area contributed by atoms with Crippen molar-refractivity contribution in [2.45, 2.75) is 38.5 Å². The Hall–Kier alpha value is -0.800. The Kier molecular flexibility index (Phi) is 5.06. The SMILES string of the molecule is CCC(CC)C(=S)C=C1Sc2ccccc2N1CC. The van der Waals surface area contributed by atoms with Gasteiger partial charge in [0.2, 0.25) is 0 Å². The fraction of sp³-hybridized carbons (Fsp3) is 0.438. The molecule has 1 aliphatic heterocycles. The maximum atomic E-state index is 5.61. The van der Waals surface area contributed by atoms with Crippen LogP contribution in [0.2, 0.25) is 0 Å². The number of anilines is 1. The smallest absolute Gasteiger partial charge is 0.0812 e. The molecule has 0 fully saturated rings. The first kappa shape index (κ1) is 14.6. The third-order valence-electron chi connectivity index (χ3n) is 3.61. The van der Waals surface area contributed by atoms with Gasteiger partial charge in [-0.3, -0.25) is 0 Å². The number of rotatable bonds is 5. The van der Waals surface area contributed by atoms with Crippen LogP contribution < -0.4 is 4.90 Å². The second-order valence-corrected chi connectivity index (χ2v) is 6.25. The van der Waals surface area contributed by atoms with E-state index in [-0.39, 0.29) is 0 Å². The molecule has 1 nitrogen and oxygen atoms in total. The van der Waals surface area contributed by atoms with E-state index in [0.717, 1.165) is 24.3 Å². The highest BCUT2D eigenvalue weighted by Crippen LogP contribution is 2.45. The van der Waals surface area contributed by atoms with Crippen LogP contribution in [0.3, 0.4) is 0 Å². The van der Waals surface area contributed by atoms with E-state index in [1.54, 1.807) is 0 Å². The van der Waals surface area contributed by atoms with Gasteiger partial charge in [-0.05, 0) is 43.9 Å². The summed E-state index contributed by atoms with van der Waals surface area (Å²) < 4.78 is 0. The predicted molar refractivity (Wildman–Crippen MR) is 90.1 cm³/mol. The van der Waals surface area contributed by atoms with Crippen LogP contribution in [0.5, 0.6) is 0 Å². The largest absolute Gasteiger partial charge is 0.335 e. The van der Waals surface area contributed by atoms with E-state index in [2.05, 4.69) is 56.0 Å². The molecule has 0 N–H and O–H groups in total. The fourth-order valence-corrected chi connectivity index (χ4v) is 4.11. The zero-order valence-corrected chi connectivity index (χ0v) is 13.5. The van der Waals surface area contributed by atoms with Gasteiger partial charge < -0.3 is 4.90 Å². The van der Waals surface area contributed by atoms with Crippen molar-refractivity contribution in [3.63, 3.8) is 0 Å². The highest BCUT2D eigenvalue weighted by Gasteiger charge is 2.24. The summed E-state index contributed by atoms with van der Waals surface area (Å²) in [6.07, 6.45) is 4.47. The molecule has 1 heterocycles. The lowest BCUT2D eigenvalue weighted by molar-refractivity contribution is 0.652. The molecule has 0 saturated carbocycles. The van der Waals surface area contributed by atoms with Gasteiger partial charge in [-0.2, -0.15) is 0 Å². The van der Waals surface area contributed by atoms with Crippen molar-refractivity contribution < 1.29 is 0 Å². The van der Waals surface area contributed by atoms with Crippen LogP contribution >= 0.6 is 24.0 Å². The van der Waals surface area contributed by atoms with Crippen molar-refractivity contribution in [2.75, 3.05) is 11.4 Å². The third kappa shape index (κ3) is 3.03. The quantitative estimate of drug-likeness (QED) is 0.537. The molecule has 1 aromatic rings. The zero-order valence-electron chi connectivity index (χ0n) is 11.8. The molecule has 102 valence electrons. The summed E-state index contributed by atoms with van der Waals surface area (Å²) in [6, 6.07) is 8.57. The lowest BCUT2D eigenvalue weighted by atomic mass is 9.99. The number of hydrogen-bond donors (Lipinski definition) is 0. The summed E-state index contributed by atoms with van der Waals surface area (Å²) in [5.74, 6) is 0.533. The van der Waals surface area contributed by atoms with Gasteiger partial charge in [0, 0.05) is 16.3 Å². The average Bonchev–Trinajstić information content (AvgIpc) is 2.77. The molecule has 0 atom stereocenters. The molecule has 1 aliphatic rings. The number of allylic oxidation sites excluding steroid dienone is 1. The Bertz CT molecular complexity index is 489. The highest BCUT2D eigenvalue weighted by molar-refractivity contribution is 8.03. The zero-order chi connectivity index (χ0) is 13.8. The van der Waals surface area contributed by atoms with Gasteiger partial charge in [-0.15, -0.1) is 0 Å². The molecule has 1 aromatic carbocycles. The summed E-state index contributed by atoms with van der Waals surface area (Å²) in [5, 5.41) is 1.28. The summed E-state index contributed by atoms with van der Waals surface area (Å²) in [7, 11) is 0. The van der Waals surface area contributed by atoms with Gasteiger partial charge in [0.25, 0.3) is 0 Å². The Morgan fingerprint density at radius 3 is 2.58 bits per heavy atom. The lowest BCUT2D eigenvalue weighted by Crippen LogP contribution is -2.18. The van der Waals surface area contributed by atoms with E-state index in [9.17, 15) is 0 Å². The van der Waals surface area contributed by atoms with Crippen LogP contribution in [0.25, 0.3) is 0 Å². The standard InChI is InChI=1S/C16H21NS2/c1-4-12(5-2)14(18)11-16-17(6-3)13-9-7-8-10-15(13)19-16/h7-12H,4-6H2,1-3H3. The van der Waals surface area contributed by atoms with Crippen molar-refractivity contribution in [1.29, 1.82) is 0 Å². The van der Waals surface area contributed by atoms with Crippen LogP contribution in [-0.2, 0) is 0 Å². The van der Waals surface area contributed by atoms with E-state index in [1.165, 1.54) is 15.6 Å². The Morgan fingerprint density at radius 1 is 1.26 bits per heavy atom. The topological polar surface area (TPSA) is 3.24 Å². The lowest BCUT2D eigenvalue weighted by Gasteiger charge is -2.19. The van der Waals surface area contributed by atoms with E-state index in [4.69, 9.17) is 12.2 Å². The first-order valence-electron chi connectivity index (χ1n) is 7.01. The van der Waals surface area contributed by atoms with Crippen LogP contribution in [0.1, 0.15) is 33.6 Å². The normalized spacial score (nSPS) is 16.2. The number of thioether (sulfide) groups is 1. The predicted octanol–water partition coefficient (Wildman–Crippen LogP) is 5.27. The second kappa shape index (κ2) is 6.58. The van der Waals surface area contributed by atoms with Crippen molar-refractivity contribution >= 4 is 34.5 Å². The number of para-hydroxylation sites is 1. The molecular formula is C16H21NS2. The van der Waals surface area contributed by atoms with Crippen LogP contribution in [0.15, 0.2) is 40.3 Å². The van der Waals surface area contributed by atoms with Gasteiger partial charge in [0.05, 0.1) is 10.7 Å². The van der Waals surface area contributed by atoms with Crippen LogP contribution in [0, 0.1) is 5.92 Å². The minimum Gasteiger partial charge on any atom is -0.335 e. The van der Waals surface area contributed by atoms with Gasteiger partial charge >= 0.3 is 0 Å². The minimum atomic E-state index is 0.533. The molecule has 0 saturated heterocycles. The van der Waals surface area contributed by atoms with Crippen molar-refractivity contribution in [1.82, 2.24) is 0 Å². The summed E-state index contributed by atoms with van der Waals surface area (Å²) >= 11 is 7.44. The second-order valence-electron chi connectivity index (χ2n) is 4.71. The maximum absolute atomic E-state index is 5.61. The molecule has 0 bridgehead atoms. The molecule has 0 amide bonds. The van der Waals surface area contributed by atoms with Gasteiger partial charge in [0.1, 0.15) is 0 Å². The Balaban J connectivity index is 2.25. The molecular weight excluding hydrogens is 270 g/mol.